The lowest BCUT2D eigenvalue weighted by Crippen LogP contribution is -2.37. The second kappa shape index (κ2) is 6.05. The molecule has 18 heavy (non-hydrogen) atoms. The number of carbonyl (C=O) groups excluding carboxylic acids is 1. The molecule has 0 aliphatic carbocycles. The quantitative estimate of drug-likeness (QED) is 0.893. The standard InChI is InChI=1S/C14H22N2O2/c1-3-13-12(7-10-18-13)14(17)16(2)11-5-4-8-15-9-6-11/h7,10-11,15H,3-6,8-9H2,1-2H3. The van der Waals surface area contributed by atoms with Crippen LogP contribution in [0.25, 0.3) is 0 Å². The van der Waals surface area contributed by atoms with Gasteiger partial charge in [-0.2, -0.15) is 0 Å². The zero-order valence-electron chi connectivity index (χ0n) is 11.2. The lowest BCUT2D eigenvalue weighted by molar-refractivity contribution is 0.0718. The lowest BCUT2D eigenvalue weighted by atomic mass is 10.1. The summed E-state index contributed by atoms with van der Waals surface area (Å²) in [5, 5.41) is 3.37. The largest absolute Gasteiger partial charge is 0.469 e. The fraction of sp³-hybridized carbons (Fsp3) is 0.643. The molecule has 1 saturated heterocycles. The normalized spacial score (nSPS) is 20.4. The van der Waals surface area contributed by atoms with Crippen molar-refractivity contribution in [1.29, 1.82) is 0 Å². The summed E-state index contributed by atoms with van der Waals surface area (Å²) in [4.78, 5) is 14.3. The van der Waals surface area contributed by atoms with E-state index < -0.39 is 0 Å². The summed E-state index contributed by atoms with van der Waals surface area (Å²) >= 11 is 0. The third-order valence-corrected chi connectivity index (χ3v) is 3.71. The molecule has 1 aliphatic heterocycles. The number of hydrogen-bond donors (Lipinski definition) is 1. The Morgan fingerprint density at radius 2 is 2.33 bits per heavy atom. The number of aryl methyl sites for hydroxylation is 1. The van der Waals surface area contributed by atoms with Gasteiger partial charge in [0.2, 0.25) is 0 Å². The van der Waals surface area contributed by atoms with Crippen molar-refractivity contribution >= 4 is 5.91 Å². The first-order chi connectivity index (χ1) is 8.74. The van der Waals surface area contributed by atoms with Crippen LogP contribution in [0.1, 0.15) is 42.3 Å². The maximum Gasteiger partial charge on any atom is 0.257 e. The highest BCUT2D eigenvalue weighted by atomic mass is 16.3. The molecule has 1 aromatic rings. The molecule has 1 amide bonds. The van der Waals surface area contributed by atoms with E-state index in [2.05, 4.69) is 5.32 Å². The van der Waals surface area contributed by atoms with Crippen molar-refractivity contribution in [2.75, 3.05) is 20.1 Å². The summed E-state index contributed by atoms with van der Waals surface area (Å²) < 4.78 is 5.34. The number of rotatable bonds is 3. The van der Waals surface area contributed by atoms with Gasteiger partial charge in [0.25, 0.3) is 5.91 Å². The van der Waals surface area contributed by atoms with Crippen LogP contribution in [-0.4, -0.2) is 37.0 Å². The maximum atomic E-state index is 12.4. The minimum Gasteiger partial charge on any atom is -0.469 e. The predicted molar refractivity (Wildman–Crippen MR) is 70.7 cm³/mol. The Morgan fingerprint density at radius 3 is 3.11 bits per heavy atom. The lowest BCUT2D eigenvalue weighted by Gasteiger charge is -2.27. The molecule has 0 saturated carbocycles. The van der Waals surface area contributed by atoms with Gasteiger partial charge in [0.1, 0.15) is 5.76 Å². The molecule has 1 N–H and O–H groups in total. The van der Waals surface area contributed by atoms with Crippen molar-refractivity contribution < 1.29 is 9.21 Å². The molecule has 4 nitrogen and oxygen atoms in total. The number of nitrogens with one attached hydrogen (secondary N) is 1. The molecular formula is C14H22N2O2. The average molecular weight is 250 g/mol. The fourth-order valence-corrected chi connectivity index (χ4v) is 2.55. The number of nitrogens with zero attached hydrogens (tertiary/aromatic N) is 1. The van der Waals surface area contributed by atoms with Crippen molar-refractivity contribution in [1.82, 2.24) is 10.2 Å². The number of carbonyl (C=O) groups is 1. The van der Waals surface area contributed by atoms with E-state index in [4.69, 9.17) is 4.42 Å². The first kappa shape index (κ1) is 13.1. The van der Waals surface area contributed by atoms with Crippen molar-refractivity contribution in [3.8, 4) is 0 Å². The minimum atomic E-state index is 0.0903. The van der Waals surface area contributed by atoms with Gasteiger partial charge in [0, 0.05) is 19.5 Å². The monoisotopic (exact) mass is 250 g/mol. The SMILES string of the molecule is CCc1occc1C(=O)N(C)C1CCCNCC1. The van der Waals surface area contributed by atoms with Crippen LogP contribution in [0.15, 0.2) is 16.7 Å². The summed E-state index contributed by atoms with van der Waals surface area (Å²) in [6.07, 6.45) is 5.60. The minimum absolute atomic E-state index is 0.0903. The van der Waals surface area contributed by atoms with Crippen molar-refractivity contribution in [2.45, 2.75) is 38.6 Å². The molecule has 2 heterocycles. The molecule has 1 aliphatic rings. The highest BCUT2D eigenvalue weighted by molar-refractivity contribution is 5.95. The summed E-state index contributed by atoms with van der Waals surface area (Å²) in [7, 11) is 1.91. The van der Waals surface area contributed by atoms with Crippen LogP contribution in [0.4, 0.5) is 0 Å². The molecule has 0 bridgehead atoms. The highest BCUT2D eigenvalue weighted by Crippen LogP contribution is 2.18. The number of hydrogen-bond acceptors (Lipinski definition) is 3. The van der Waals surface area contributed by atoms with Gasteiger partial charge in [-0.15, -0.1) is 0 Å². The molecular weight excluding hydrogens is 228 g/mol. The summed E-state index contributed by atoms with van der Waals surface area (Å²) in [6.45, 7) is 4.06. The second-order valence-electron chi connectivity index (χ2n) is 4.86. The molecule has 0 aromatic carbocycles. The number of furan rings is 1. The van der Waals surface area contributed by atoms with Crippen LogP contribution in [0, 0.1) is 0 Å². The second-order valence-corrected chi connectivity index (χ2v) is 4.86. The first-order valence-corrected chi connectivity index (χ1v) is 6.78. The molecule has 0 spiro atoms. The van der Waals surface area contributed by atoms with E-state index >= 15 is 0 Å². The fourth-order valence-electron chi connectivity index (χ4n) is 2.55. The van der Waals surface area contributed by atoms with Crippen LogP contribution in [-0.2, 0) is 6.42 Å². The van der Waals surface area contributed by atoms with Crippen LogP contribution in [0.5, 0.6) is 0 Å². The topological polar surface area (TPSA) is 45.5 Å². The van der Waals surface area contributed by atoms with Gasteiger partial charge in [-0.25, -0.2) is 0 Å². The Hall–Kier alpha value is -1.29. The molecule has 1 fully saturated rings. The Labute approximate surface area is 108 Å². The predicted octanol–water partition coefficient (Wildman–Crippen LogP) is 2.06. The van der Waals surface area contributed by atoms with E-state index in [0.717, 1.165) is 50.1 Å². The molecule has 1 aromatic heterocycles. The molecule has 0 radical (unpaired) electrons. The number of amides is 1. The van der Waals surface area contributed by atoms with E-state index in [0.29, 0.717) is 6.04 Å². The van der Waals surface area contributed by atoms with Crippen LogP contribution >= 0.6 is 0 Å². The Balaban J connectivity index is 2.07. The Bertz CT molecular complexity index is 392. The zero-order valence-corrected chi connectivity index (χ0v) is 11.2. The molecule has 4 heteroatoms. The first-order valence-electron chi connectivity index (χ1n) is 6.78. The van der Waals surface area contributed by atoms with Crippen LogP contribution in [0.3, 0.4) is 0 Å². The Morgan fingerprint density at radius 1 is 1.50 bits per heavy atom. The van der Waals surface area contributed by atoms with E-state index in [-0.39, 0.29) is 5.91 Å². The maximum absolute atomic E-state index is 12.4. The molecule has 2 rings (SSSR count). The summed E-state index contributed by atoms with van der Waals surface area (Å²) in [5.74, 6) is 0.881. The van der Waals surface area contributed by atoms with Gasteiger partial charge in [-0.3, -0.25) is 4.79 Å². The van der Waals surface area contributed by atoms with Gasteiger partial charge in [0.15, 0.2) is 0 Å². The van der Waals surface area contributed by atoms with Gasteiger partial charge in [-0.1, -0.05) is 6.92 Å². The molecule has 1 unspecified atom stereocenters. The summed E-state index contributed by atoms with van der Waals surface area (Å²) in [5.41, 5.74) is 0.720. The smallest absolute Gasteiger partial charge is 0.257 e. The summed E-state index contributed by atoms with van der Waals surface area (Å²) in [6, 6.07) is 2.12. The van der Waals surface area contributed by atoms with Gasteiger partial charge in [-0.05, 0) is 38.4 Å². The van der Waals surface area contributed by atoms with E-state index in [1.54, 1.807) is 12.3 Å². The highest BCUT2D eigenvalue weighted by Gasteiger charge is 2.24. The van der Waals surface area contributed by atoms with Gasteiger partial charge < -0.3 is 14.6 Å². The van der Waals surface area contributed by atoms with Gasteiger partial charge >= 0.3 is 0 Å². The van der Waals surface area contributed by atoms with E-state index in [9.17, 15) is 4.79 Å². The van der Waals surface area contributed by atoms with Crippen LogP contribution < -0.4 is 5.32 Å². The van der Waals surface area contributed by atoms with Crippen LogP contribution in [0.2, 0.25) is 0 Å². The van der Waals surface area contributed by atoms with Gasteiger partial charge in [0.05, 0.1) is 11.8 Å². The zero-order chi connectivity index (χ0) is 13.0. The van der Waals surface area contributed by atoms with E-state index in [1.807, 2.05) is 18.9 Å². The third-order valence-electron chi connectivity index (χ3n) is 3.71. The molecule has 1 atom stereocenters. The average Bonchev–Trinajstić information content (AvgIpc) is 2.70. The Kier molecular flexibility index (Phi) is 4.42. The molecule has 100 valence electrons. The van der Waals surface area contributed by atoms with Crippen molar-refractivity contribution in [3.05, 3.63) is 23.7 Å². The van der Waals surface area contributed by atoms with Crippen molar-refractivity contribution in [3.63, 3.8) is 0 Å². The van der Waals surface area contributed by atoms with Crippen molar-refractivity contribution in [2.24, 2.45) is 0 Å². The van der Waals surface area contributed by atoms with E-state index in [1.165, 1.54) is 0 Å². The third kappa shape index (κ3) is 2.75.